The third-order valence-electron chi connectivity index (χ3n) is 5.24. The minimum absolute atomic E-state index is 0.0894. The van der Waals surface area contributed by atoms with Crippen LogP contribution in [0.3, 0.4) is 0 Å². The van der Waals surface area contributed by atoms with E-state index < -0.39 is 0 Å². The van der Waals surface area contributed by atoms with Crippen molar-refractivity contribution in [3.05, 3.63) is 41.6 Å². The fraction of sp³-hybridized carbons (Fsp3) is 0.364. The second-order valence-corrected chi connectivity index (χ2v) is 9.00. The van der Waals surface area contributed by atoms with Crippen molar-refractivity contribution >= 4 is 40.8 Å². The van der Waals surface area contributed by atoms with E-state index in [1.165, 1.54) is 18.7 Å². The Balaban J connectivity index is 1.63. The average Bonchev–Trinajstić information content (AvgIpc) is 3.16. The molecule has 1 aliphatic rings. The van der Waals surface area contributed by atoms with Crippen LogP contribution in [0.25, 0.3) is 0 Å². The number of aryl methyl sites for hydroxylation is 1. The number of anilines is 4. The summed E-state index contributed by atoms with van der Waals surface area (Å²) in [6.07, 6.45) is 0. The van der Waals surface area contributed by atoms with Crippen molar-refractivity contribution in [2.75, 3.05) is 48.8 Å². The van der Waals surface area contributed by atoms with Crippen molar-refractivity contribution in [2.24, 2.45) is 0 Å². The lowest BCUT2D eigenvalue weighted by Gasteiger charge is -2.34. The van der Waals surface area contributed by atoms with Gasteiger partial charge in [0.2, 0.25) is 5.91 Å². The van der Waals surface area contributed by atoms with E-state index in [2.05, 4.69) is 37.7 Å². The zero-order valence-corrected chi connectivity index (χ0v) is 19.6. The van der Waals surface area contributed by atoms with Gasteiger partial charge in [-0.25, -0.2) is 9.97 Å². The van der Waals surface area contributed by atoms with Crippen LogP contribution < -0.4 is 15.5 Å². The summed E-state index contributed by atoms with van der Waals surface area (Å²) in [5.74, 6) is 2.33. The molecular weight excluding hydrogens is 424 g/mol. The van der Waals surface area contributed by atoms with Crippen LogP contribution in [0, 0.1) is 13.8 Å². The van der Waals surface area contributed by atoms with E-state index in [0.717, 1.165) is 65.5 Å². The minimum Gasteiger partial charge on any atom is -0.354 e. The first-order valence-corrected chi connectivity index (χ1v) is 11.4. The predicted octanol–water partition coefficient (Wildman–Crippen LogP) is 3.42. The van der Waals surface area contributed by atoms with Gasteiger partial charge in [0, 0.05) is 61.0 Å². The van der Waals surface area contributed by atoms with Crippen LogP contribution >= 0.6 is 11.8 Å². The van der Waals surface area contributed by atoms with E-state index in [1.807, 2.05) is 44.2 Å². The van der Waals surface area contributed by atoms with Crippen molar-refractivity contribution < 1.29 is 4.79 Å². The third kappa shape index (κ3) is 5.38. The van der Waals surface area contributed by atoms with Gasteiger partial charge in [0.1, 0.15) is 11.6 Å². The van der Waals surface area contributed by atoms with Crippen LogP contribution in [-0.4, -0.2) is 64.2 Å². The number of likely N-dealkylation sites (N-methyl/N-ethyl adjacent to an activating group) is 1. The van der Waals surface area contributed by atoms with Crippen LogP contribution in [0.5, 0.6) is 0 Å². The molecule has 3 heterocycles. The van der Waals surface area contributed by atoms with E-state index in [9.17, 15) is 4.79 Å². The van der Waals surface area contributed by atoms with Crippen molar-refractivity contribution in [3.63, 3.8) is 0 Å². The van der Waals surface area contributed by atoms with Gasteiger partial charge in [0.15, 0.2) is 11.0 Å². The summed E-state index contributed by atoms with van der Waals surface area (Å²) in [6, 6.07) is 9.62. The predicted molar refractivity (Wildman–Crippen MR) is 128 cm³/mol. The number of carbonyl (C=O) groups excluding carboxylic acids is 1. The number of nitrogens with zero attached hydrogens (tertiary/aromatic N) is 5. The lowest BCUT2D eigenvalue weighted by atomic mass is 10.2. The maximum atomic E-state index is 11.3. The molecule has 0 radical (unpaired) electrons. The molecule has 0 spiro atoms. The van der Waals surface area contributed by atoms with E-state index in [1.54, 1.807) is 0 Å². The number of H-pyrrole nitrogens is 1. The first kappa shape index (κ1) is 22.1. The highest BCUT2D eigenvalue weighted by Gasteiger charge is 2.21. The molecule has 4 rings (SSSR count). The number of amides is 1. The second kappa shape index (κ2) is 9.58. The Morgan fingerprint density at radius 1 is 1.09 bits per heavy atom. The molecule has 9 nitrogen and oxygen atoms in total. The van der Waals surface area contributed by atoms with Gasteiger partial charge in [-0.2, -0.15) is 5.10 Å². The Kier molecular flexibility index (Phi) is 6.61. The highest BCUT2D eigenvalue weighted by Crippen LogP contribution is 2.33. The van der Waals surface area contributed by atoms with Gasteiger partial charge in [-0.1, -0.05) is 0 Å². The molecule has 0 saturated carbocycles. The number of benzene rings is 1. The number of aromatic amines is 1. The molecule has 0 aliphatic carbocycles. The Morgan fingerprint density at radius 3 is 2.44 bits per heavy atom. The number of piperazine rings is 1. The Labute approximate surface area is 192 Å². The summed E-state index contributed by atoms with van der Waals surface area (Å²) in [4.78, 5) is 26.6. The number of aromatic nitrogens is 4. The summed E-state index contributed by atoms with van der Waals surface area (Å²) < 4.78 is 0. The number of hydrogen-bond acceptors (Lipinski definition) is 8. The van der Waals surface area contributed by atoms with Gasteiger partial charge in [-0.15, -0.1) is 0 Å². The molecule has 3 N–H and O–H groups in total. The van der Waals surface area contributed by atoms with E-state index >= 15 is 0 Å². The normalized spacial score (nSPS) is 14.4. The van der Waals surface area contributed by atoms with Crippen molar-refractivity contribution in [3.8, 4) is 0 Å². The number of carbonyl (C=O) groups is 1. The molecule has 1 saturated heterocycles. The van der Waals surface area contributed by atoms with Crippen LogP contribution in [0.2, 0.25) is 0 Å². The summed E-state index contributed by atoms with van der Waals surface area (Å²) in [7, 11) is 2.14. The SMILES string of the molecule is CC(=O)Nc1ccc(Sc2nc(Nc3cc(C)[nH]n3)c(C)c(N3CCN(C)CC3)n2)cc1. The smallest absolute Gasteiger partial charge is 0.221 e. The van der Waals surface area contributed by atoms with Crippen LogP contribution in [0.1, 0.15) is 18.2 Å². The molecule has 168 valence electrons. The van der Waals surface area contributed by atoms with Crippen molar-refractivity contribution in [1.29, 1.82) is 0 Å². The highest BCUT2D eigenvalue weighted by molar-refractivity contribution is 7.99. The van der Waals surface area contributed by atoms with Gasteiger partial charge in [-0.3, -0.25) is 9.89 Å². The molecule has 1 aliphatic heterocycles. The van der Waals surface area contributed by atoms with Gasteiger partial charge in [0.25, 0.3) is 0 Å². The molecule has 0 atom stereocenters. The summed E-state index contributed by atoms with van der Waals surface area (Å²) >= 11 is 1.49. The highest BCUT2D eigenvalue weighted by atomic mass is 32.2. The Morgan fingerprint density at radius 2 is 1.81 bits per heavy atom. The molecule has 1 amide bonds. The Hall–Kier alpha value is -3.11. The first-order valence-electron chi connectivity index (χ1n) is 10.5. The minimum atomic E-state index is -0.0894. The fourth-order valence-electron chi connectivity index (χ4n) is 3.50. The molecule has 1 fully saturated rings. The molecule has 3 aromatic rings. The van der Waals surface area contributed by atoms with E-state index in [-0.39, 0.29) is 5.91 Å². The van der Waals surface area contributed by atoms with E-state index in [0.29, 0.717) is 5.16 Å². The van der Waals surface area contributed by atoms with Crippen LogP contribution in [-0.2, 0) is 4.79 Å². The van der Waals surface area contributed by atoms with Crippen LogP contribution in [0.15, 0.2) is 40.4 Å². The molecule has 0 unspecified atom stereocenters. The third-order valence-corrected chi connectivity index (χ3v) is 6.11. The number of nitrogens with one attached hydrogen (secondary N) is 3. The molecule has 2 aromatic heterocycles. The van der Waals surface area contributed by atoms with Gasteiger partial charge < -0.3 is 20.4 Å². The van der Waals surface area contributed by atoms with Crippen LogP contribution in [0.4, 0.5) is 23.1 Å². The van der Waals surface area contributed by atoms with Gasteiger partial charge in [-0.05, 0) is 56.9 Å². The average molecular weight is 453 g/mol. The zero-order chi connectivity index (χ0) is 22.7. The molecular formula is C22H28N8OS. The number of rotatable bonds is 6. The first-order chi connectivity index (χ1) is 15.4. The molecule has 10 heteroatoms. The summed E-state index contributed by atoms with van der Waals surface area (Å²) in [5, 5.41) is 14.0. The quantitative estimate of drug-likeness (QED) is 0.489. The molecule has 32 heavy (non-hydrogen) atoms. The topological polar surface area (TPSA) is 102 Å². The van der Waals surface area contributed by atoms with Gasteiger partial charge >= 0.3 is 0 Å². The molecule has 0 bridgehead atoms. The maximum Gasteiger partial charge on any atom is 0.221 e. The van der Waals surface area contributed by atoms with E-state index in [4.69, 9.17) is 9.97 Å². The summed E-state index contributed by atoms with van der Waals surface area (Å²) in [5.41, 5.74) is 2.74. The second-order valence-electron chi connectivity index (χ2n) is 7.96. The van der Waals surface area contributed by atoms with Crippen molar-refractivity contribution in [1.82, 2.24) is 25.1 Å². The standard InChI is InChI=1S/C22H28N8OS/c1-14-13-19(28-27-14)24-20-15(2)21(30-11-9-29(4)10-12-30)26-22(25-20)32-18-7-5-17(6-8-18)23-16(3)31/h5-8,13H,9-12H2,1-4H3,(H,23,31)(H2,24,25,26,27,28). The monoisotopic (exact) mass is 452 g/mol. The van der Waals surface area contributed by atoms with Gasteiger partial charge in [0.05, 0.1) is 0 Å². The zero-order valence-electron chi connectivity index (χ0n) is 18.8. The summed E-state index contributed by atoms with van der Waals surface area (Å²) in [6.45, 7) is 9.35. The fourth-order valence-corrected chi connectivity index (χ4v) is 4.25. The lowest BCUT2D eigenvalue weighted by Crippen LogP contribution is -2.45. The molecule has 1 aromatic carbocycles. The maximum absolute atomic E-state index is 11.3. The van der Waals surface area contributed by atoms with Crippen molar-refractivity contribution in [2.45, 2.75) is 30.8 Å². The largest absolute Gasteiger partial charge is 0.354 e. The number of hydrogen-bond donors (Lipinski definition) is 3. The Bertz CT molecular complexity index is 1090. The lowest BCUT2D eigenvalue weighted by molar-refractivity contribution is -0.114.